The fourth-order valence-electron chi connectivity index (χ4n) is 1.33. The summed E-state index contributed by atoms with van der Waals surface area (Å²) in [6, 6.07) is 0.945. The maximum absolute atomic E-state index is 11.9. The summed E-state index contributed by atoms with van der Waals surface area (Å²) in [4.78, 5) is 27.0. The van der Waals surface area contributed by atoms with Crippen LogP contribution in [0.15, 0.2) is 17.1 Å². The molecule has 0 aliphatic carbocycles. The van der Waals surface area contributed by atoms with E-state index in [1.54, 1.807) is 23.4 Å². The highest BCUT2D eigenvalue weighted by atomic mass is 32.1. The summed E-state index contributed by atoms with van der Waals surface area (Å²) in [7, 11) is 1.73. The molecule has 0 spiro atoms. The second-order valence-corrected chi connectivity index (χ2v) is 3.93. The van der Waals surface area contributed by atoms with Crippen molar-refractivity contribution >= 4 is 18.1 Å². The van der Waals surface area contributed by atoms with E-state index in [4.69, 9.17) is 12.2 Å². The van der Waals surface area contributed by atoms with Gasteiger partial charge in [0.05, 0.1) is 0 Å². The van der Waals surface area contributed by atoms with Gasteiger partial charge in [-0.1, -0.05) is 0 Å². The van der Waals surface area contributed by atoms with Gasteiger partial charge in [-0.3, -0.25) is 14.6 Å². The van der Waals surface area contributed by atoms with Gasteiger partial charge in [0.15, 0.2) is 4.77 Å². The topological polar surface area (TPSA) is 58.1 Å². The Labute approximate surface area is 98.7 Å². The van der Waals surface area contributed by atoms with Crippen molar-refractivity contribution in [1.82, 2.24) is 14.5 Å². The number of nitrogens with zero attached hydrogens (tertiary/aromatic N) is 2. The summed E-state index contributed by atoms with van der Waals surface area (Å²) in [6.07, 6.45) is 1.53. The van der Waals surface area contributed by atoms with Crippen molar-refractivity contribution in [3.8, 4) is 0 Å². The lowest BCUT2D eigenvalue weighted by Crippen LogP contribution is -2.33. The van der Waals surface area contributed by atoms with Crippen LogP contribution in [-0.4, -0.2) is 34.0 Å². The van der Waals surface area contributed by atoms with Crippen molar-refractivity contribution in [3.63, 3.8) is 0 Å². The predicted octanol–water partition coefficient (Wildman–Crippen LogP) is 0.945. The van der Waals surface area contributed by atoms with Crippen molar-refractivity contribution < 1.29 is 4.79 Å². The second-order valence-electron chi connectivity index (χ2n) is 3.55. The molecule has 1 amide bonds. The van der Waals surface area contributed by atoms with Crippen LogP contribution in [0.5, 0.6) is 0 Å². The molecule has 1 N–H and O–H groups in total. The molecule has 1 unspecified atom stereocenters. The smallest absolute Gasteiger partial charge is 0.251 e. The number of aromatic amines is 1. The average molecular weight is 241 g/mol. The molecule has 0 fully saturated rings. The molecule has 88 valence electrons. The van der Waals surface area contributed by atoms with E-state index in [2.05, 4.69) is 4.98 Å². The van der Waals surface area contributed by atoms with Gasteiger partial charge in [-0.25, -0.2) is 0 Å². The fourth-order valence-corrected chi connectivity index (χ4v) is 1.65. The Balaban J connectivity index is 3.06. The van der Waals surface area contributed by atoms with Crippen molar-refractivity contribution in [2.45, 2.75) is 19.9 Å². The van der Waals surface area contributed by atoms with Gasteiger partial charge in [-0.2, -0.15) is 0 Å². The number of hydrogen-bond acceptors (Lipinski definition) is 3. The molecule has 0 saturated heterocycles. The fraction of sp³-hybridized carbons (Fsp3) is 0.500. The maximum atomic E-state index is 11.9. The van der Waals surface area contributed by atoms with Crippen LogP contribution in [0, 0.1) is 4.77 Å². The largest absolute Gasteiger partial charge is 0.344 e. The molecule has 16 heavy (non-hydrogen) atoms. The van der Waals surface area contributed by atoms with Gasteiger partial charge in [0.25, 0.3) is 5.56 Å². The molecule has 0 aliphatic rings. The number of likely N-dealkylation sites (N-methyl/N-ethyl adjacent to an activating group) is 1. The quantitative estimate of drug-likeness (QED) is 0.801. The lowest BCUT2D eigenvalue weighted by atomic mass is 10.3. The monoisotopic (exact) mass is 241 g/mol. The zero-order valence-electron chi connectivity index (χ0n) is 9.56. The minimum atomic E-state index is -0.408. The van der Waals surface area contributed by atoms with E-state index < -0.39 is 6.04 Å². The highest BCUT2D eigenvalue weighted by Crippen LogP contribution is 2.08. The molecule has 1 aromatic rings. The minimum Gasteiger partial charge on any atom is -0.344 e. The minimum absolute atomic E-state index is 0.0364. The Hall–Kier alpha value is -1.43. The highest BCUT2D eigenvalue weighted by molar-refractivity contribution is 7.71. The first kappa shape index (κ1) is 12.6. The van der Waals surface area contributed by atoms with Gasteiger partial charge in [0.2, 0.25) is 5.91 Å². The highest BCUT2D eigenvalue weighted by Gasteiger charge is 2.17. The molecule has 0 bridgehead atoms. The molecule has 0 saturated carbocycles. The predicted molar refractivity (Wildman–Crippen MR) is 63.9 cm³/mol. The summed E-state index contributed by atoms with van der Waals surface area (Å²) in [5.74, 6) is -0.0364. The number of rotatable bonds is 3. The van der Waals surface area contributed by atoms with E-state index in [-0.39, 0.29) is 16.2 Å². The van der Waals surface area contributed by atoms with Crippen LogP contribution in [-0.2, 0) is 4.79 Å². The van der Waals surface area contributed by atoms with Crippen molar-refractivity contribution in [3.05, 3.63) is 27.4 Å². The van der Waals surface area contributed by atoms with Gasteiger partial charge < -0.3 is 9.47 Å². The molecule has 5 nitrogen and oxygen atoms in total. The Morgan fingerprint density at radius 3 is 2.81 bits per heavy atom. The summed E-state index contributed by atoms with van der Waals surface area (Å²) >= 11 is 4.99. The SMILES string of the molecule is CCN(C)C(=O)C(C)n1ccc(=O)[nH]c1=S. The number of nitrogens with one attached hydrogen (secondary N) is 1. The van der Waals surface area contributed by atoms with E-state index in [0.717, 1.165) is 0 Å². The molecule has 1 aromatic heterocycles. The zero-order valence-corrected chi connectivity index (χ0v) is 10.4. The third-order valence-corrected chi connectivity index (χ3v) is 2.79. The Bertz CT molecular complexity index is 491. The molecule has 1 heterocycles. The van der Waals surface area contributed by atoms with Crippen LogP contribution >= 0.6 is 12.2 Å². The molecular formula is C10H15N3O2S. The number of hydrogen-bond donors (Lipinski definition) is 1. The second kappa shape index (κ2) is 5.07. The molecular weight excluding hydrogens is 226 g/mol. The van der Waals surface area contributed by atoms with Gasteiger partial charge in [0.1, 0.15) is 6.04 Å². The van der Waals surface area contributed by atoms with E-state index in [1.807, 2.05) is 6.92 Å². The number of carbonyl (C=O) groups is 1. The van der Waals surface area contributed by atoms with Crippen LogP contribution in [0.25, 0.3) is 0 Å². The lowest BCUT2D eigenvalue weighted by molar-refractivity contribution is -0.132. The maximum Gasteiger partial charge on any atom is 0.251 e. The number of carbonyl (C=O) groups excluding carboxylic acids is 1. The molecule has 1 rings (SSSR count). The number of aromatic nitrogens is 2. The normalized spacial score (nSPS) is 12.2. The summed E-state index contributed by atoms with van der Waals surface area (Å²) in [5.41, 5.74) is -0.259. The lowest BCUT2D eigenvalue weighted by Gasteiger charge is -2.21. The molecule has 0 aliphatic heterocycles. The summed E-state index contributed by atoms with van der Waals surface area (Å²) < 4.78 is 1.84. The van der Waals surface area contributed by atoms with Crippen molar-refractivity contribution in [1.29, 1.82) is 0 Å². The summed E-state index contributed by atoms with van der Waals surface area (Å²) in [6.45, 7) is 4.29. The van der Waals surface area contributed by atoms with Gasteiger partial charge in [-0.15, -0.1) is 0 Å². The Kier molecular flexibility index (Phi) is 4.00. The third kappa shape index (κ3) is 2.57. The number of H-pyrrole nitrogens is 1. The van der Waals surface area contributed by atoms with Gasteiger partial charge in [-0.05, 0) is 26.1 Å². The number of amides is 1. The first-order valence-corrected chi connectivity index (χ1v) is 5.44. The van der Waals surface area contributed by atoms with Crippen LogP contribution in [0.1, 0.15) is 19.9 Å². The van der Waals surface area contributed by atoms with Crippen LogP contribution in [0.2, 0.25) is 0 Å². The van der Waals surface area contributed by atoms with Crippen LogP contribution in [0.3, 0.4) is 0 Å². The van der Waals surface area contributed by atoms with E-state index in [1.165, 1.54) is 12.3 Å². The Morgan fingerprint density at radius 1 is 1.69 bits per heavy atom. The first-order valence-electron chi connectivity index (χ1n) is 5.03. The summed E-state index contributed by atoms with van der Waals surface area (Å²) in [5, 5.41) is 0. The molecule has 0 aromatic carbocycles. The van der Waals surface area contributed by atoms with Crippen LogP contribution in [0.4, 0.5) is 0 Å². The Morgan fingerprint density at radius 2 is 2.31 bits per heavy atom. The van der Waals surface area contributed by atoms with Crippen molar-refractivity contribution in [2.24, 2.45) is 0 Å². The average Bonchev–Trinajstić information content (AvgIpc) is 2.26. The van der Waals surface area contributed by atoms with E-state index >= 15 is 0 Å². The third-order valence-electron chi connectivity index (χ3n) is 2.48. The van der Waals surface area contributed by atoms with E-state index in [0.29, 0.717) is 6.54 Å². The standard InChI is InChI=1S/C10H15N3O2S/c1-4-12(3)9(15)7(2)13-6-5-8(14)11-10(13)16/h5-7H,4H2,1-3H3,(H,11,14,16). The zero-order chi connectivity index (χ0) is 12.3. The molecule has 0 radical (unpaired) electrons. The molecule has 1 atom stereocenters. The van der Waals surface area contributed by atoms with Crippen LogP contribution < -0.4 is 5.56 Å². The van der Waals surface area contributed by atoms with Gasteiger partial charge in [0, 0.05) is 25.9 Å². The van der Waals surface area contributed by atoms with Crippen molar-refractivity contribution in [2.75, 3.05) is 13.6 Å². The first-order chi connectivity index (χ1) is 7.47. The van der Waals surface area contributed by atoms with E-state index in [9.17, 15) is 9.59 Å². The molecule has 6 heteroatoms. The van der Waals surface area contributed by atoms with Gasteiger partial charge >= 0.3 is 0 Å².